The number of benzene rings is 2. The van der Waals surface area contributed by atoms with Crippen LogP contribution in [0.15, 0.2) is 86.2 Å². The number of piperidine rings is 1. The molecule has 2 aromatic carbocycles. The second-order valence-corrected chi connectivity index (χ2v) is 10.8. The Morgan fingerprint density at radius 3 is 2.44 bits per heavy atom. The number of hydrazine groups is 1. The van der Waals surface area contributed by atoms with Gasteiger partial charge in [0.05, 0.1) is 0 Å². The molecule has 3 unspecified atom stereocenters. The van der Waals surface area contributed by atoms with Crippen molar-refractivity contribution in [2.45, 2.75) is 43.5 Å². The number of nitrogens with zero attached hydrogens (tertiary/aromatic N) is 6. The maximum absolute atomic E-state index is 13.2. The SMILES string of the molecule is NN=NC1=C(Cl)NC(C(=O)NC2NC3(CCN(C(=O)c4ccc(OCc5ccccc5)cc4)CC3)CN2N)C(N=NN)N1. The Labute approximate surface area is 252 Å². The normalized spacial score (nSPS) is 23.9. The maximum atomic E-state index is 13.2. The van der Waals surface area contributed by atoms with Crippen LogP contribution < -0.4 is 43.5 Å². The smallest absolute Gasteiger partial charge is 0.253 e. The summed E-state index contributed by atoms with van der Waals surface area (Å²) >= 11 is 6.18. The fourth-order valence-electron chi connectivity index (χ4n) is 5.34. The van der Waals surface area contributed by atoms with Crippen LogP contribution in [0.3, 0.4) is 0 Å². The standard InChI is InChI=1S/C26H34ClN13O3/c27-20-22(36-38-29)32-21(35-37-28)19(31-20)23(41)33-25-34-26(15-40(25)30)10-12-39(13-11-26)24(42)17-6-8-18(9-7-17)43-14-16-4-2-1-3-5-16/h1-9,19,21,25,31-32,34H,10-15,30H2,(H2,28,35)(H2,29,36)(H,33,41). The van der Waals surface area contributed by atoms with Gasteiger partial charge in [0.15, 0.2) is 12.0 Å². The zero-order chi connectivity index (χ0) is 30.4. The van der Waals surface area contributed by atoms with Gasteiger partial charge in [-0.1, -0.05) is 52.4 Å². The van der Waals surface area contributed by atoms with Crippen molar-refractivity contribution in [2.75, 3.05) is 19.6 Å². The summed E-state index contributed by atoms with van der Waals surface area (Å²) in [5.74, 6) is 16.9. The van der Waals surface area contributed by atoms with Gasteiger partial charge in [-0.2, -0.15) is 0 Å². The summed E-state index contributed by atoms with van der Waals surface area (Å²) in [6.45, 7) is 1.98. The lowest BCUT2D eigenvalue weighted by Crippen LogP contribution is -2.63. The lowest BCUT2D eigenvalue weighted by molar-refractivity contribution is -0.125. The highest BCUT2D eigenvalue weighted by Gasteiger charge is 2.46. The van der Waals surface area contributed by atoms with E-state index in [-0.39, 0.29) is 22.4 Å². The average molecular weight is 612 g/mol. The van der Waals surface area contributed by atoms with Gasteiger partial charge < -0.3 is 37.3 Å². The first-order chi connectivity index (χ1) is 20.8. The van der Waals surface area contributed by atoms with E-state index in [1.54, 1.807) is 12.1 Å². The zero-order valence-corrected chi connectivity index (χ0v) is 23.9. The third-order valence-electron chi connectivity index (χ3n) is 7.62. The molecule has 3 heterocycles. The number of carbonyl (C=O) groups excluding carboxylic acids is 2. The topological polar surface area (TPSA) is 225 Å². The molecule has 5 rings (SSSR count). The maximum Gasteiger partial charge on any atom is 0.253 e. The van der Waals surface area contributed by atoms with Crippen molar-refractivity contribution in [3.8, 4) is 5.75 Å². The van der Waals surface area contributed by atoms with Gasteiger partial charge >= 0.3 is 0 Å². The highest BCUT2D eigenvalue weighted by atomic mass is 35.5. The number of likely N-dealkylation sites (tertiary alicyclic amines) is 1. The molecular formula is C26H34ClN13O3. The van der Waals surface area contributed by atoms with Crippen molar-refractivity contribution in [2.24, 2.45) is 38.2 Å². The molecule has 3 aliphatic heterocycles. The van der Waals surface area contributed by atoms with Crippen molar-refractivity contribution in [1.29, 1.82) is 0 Å². The summed E-state index contributed by atoms with van der Waals surface area (Å²) in [4.78, 5) is 28.2. The van der Waals surface area contributed by atoms with E-state index in [9.17, 15) is 9.59 Å². The summed E-state index contributed by atoms with van der Waals surface area (Å²) in [6.07, 6.45) is -0.324. The molecule has 0 aromatic heterocycles. The summed E-state index contributed by atoms with van der Waals surface area (Å²) in [5.41, 5.74) is 1.27. The molecule has 3 atom stereocenters. The molecule has 0 radical (unpaired) electrons. The molecule has 2 aromatic rings. The first-order valence-electron chi connectivity index (χ1n) is 13.6. The first-order valence-corrected chi connectivity index (χ1v) is 14.0. The molecule has 2 fully saturated rings. The lowest BCUT2D eigenvalue weighted by atomic mass is 9.88. The molecule has 16 nitrogen and oxygen atoms in total. The van der Waals surface area contributed by atoms with Gasteiger partial charge in [-0.25, -0.2) is 5.01 Å². The Balaban J connectivity index is 1.14. The third-order valence-corrected chi connectivity index (χ3v) is 7.91. The fourth-order valence-corrected chi connectivity index (χ4v) is 5.55. The van der Waals surface area contributed by atoms with E-state index in [0.29, 0.717) is 50.4 Å². The number of nitrogens with two attached hydrogens (primary N) is 3. The van der Waals surface area contributed by atoms with Crippen molar-refractivity contribution < 1.29 is 14.3 Å². The Kier molecular flexibility index (Phi) is 9.20. The van der Waals surface area contributed by atoms with Crippen LogP contribution in [0.25, 0.3) is 0 Å². The summed E-state index contributed by atoms with van der Waals surface area (Å²) in [7, 11) is 0. The molecular weight excluding hydrogens is 578 g/mol. The number of nitrogens with one attached hydrogen (secondary N) is 4. The average Bonchev–Trinajstić information content (AvgIpc) is 3.32. The largest absolute Gasteiger partial charge is 0.489 e. The monoisotopic (exact) mass is 611 g/mol. The summed E-state index contributed by atoms with van der Waals surface area (Å²) < 4.78 is 5.84. The number of carbonyl (C=O) groups is 2. The van der Waals surface area contributed by atoms with E-state index in [1.165, 1.54) is 5.01 Å². The second-order valence-electron chi connectivity index (χ2n) is 10.4. The fraction of sp³-hybridized carbons (Fsp3) is 0.385. The predicted octanol–water partition coefficient (Wildman–Crippen LogP) is 0.324. The van der Waals surface area contributed by atoms with Crippen molar-refractivity contribution in [3.05, 3.63) is 76.7 Å². The summed E-state index contributed by atoms with van der Waals surface area (Å²) in [5, 5.41) is 27.4. The van der Waals surface area contributed by atoms with Crippen LogP contribution in [0.1, 0.15) is 28.8 Å². The van der Waals surface area contributed by atoms with Gasteiger partial charge in [0, 0.05) is 30.7 Å². The van der Waals surface area contributed by atoms with E-state index in [2.05, 4.69) is 41.9 Å². The molecule has 3 aliphatic rings. The van der Waals surface area contributed by atoms with Crippen molar-refractivity contribution in [1.82, 2.24) is 31.2 Å². The molecule has 1 spiro atoms. The number of rotatable bonds is 8. The minimum atomic E-state index is -0.988. The van der Waals surface area contributed by atoms with Crippen LogP contribution in [0.4, 0.5) is 0 Å². The number of amides is 2. The molecule has 0 bridgehead atoms. The molecule has 0 aliphatic carbocycles. The van der Waals surface area contributed by atoms with E-state index in [1.807, 2.05) is 47.4 Å². The molecule has 17 heteroatoms. The van der Waals surface area contributed by atoms with E-state index >= 15 is 0 Å². The van der Waals surface area contributed by atoms with Crippen LogP contribution in [-0.2, 0) is 11.4 Å². The quantitative estimate of drug-likeness (QED) is 0.0936. The van der Waals surface area contributed by atoms with E-state index in [0.717, 1.165) is 5.56 Å². The first kappa shape index (κ1) is 30.0. The van der Waals surface area contributed by atoms with Gasteiger partial charge in [-0.05, 0) is 42.7 Å². The van der Waals surface area contributed by atoms with Crippen LogP contribution in [0, 0.1) is 0 Å². The van der Waals surface area contributed by atoms with Gasteiger partial charge in [-0.3, -0.25) is 20.7 Å². The Morgan fingerprint density at radius 2 is 1.77 bits per heavy atom. The Hall–Kier alpha value is -4.51. The van der Waals surface area contributed by atoms with Crippen molar-refractivity contribution >= 4 is 23.4 Å². The van der Waals surface area contributed by atoms with Crippen LogP contribution in [0.2, 0.25) is 0 Å². The molecule has 228 valence electrons. The Bertz CT molecular complexity index is 1380. The van der Waals surface area contributed by atoms with Crippen LogP contribution >= 0.6 is 11.6 Å². The van der Waals surface area contributed by atoms with E-state index < -0.39 is 24.4 Å². The van der Waals surface area contributed by atoms with Crippen molar-refractivity contribution in [3.63, 3.8) is 0 Å². The van der Waals surface area contributed by atoms with Gasteiger partial charge in [-0.15, -0.1) is 10.2 Å². The third kappa shape index (κ3) is 6.94. The minimum absolute atomic E-state index is 0.0182. The highest BCUT2D eigenvalue weighted by Crippen LogP contribution is 2.29. The minimum Gasteiger partial charge on any atom is -0.489 e. The highest BCUT2D eigenvalue weighted by molar-refractivity contribution is 6.29. The molecule has 2 saturated heterocycles. The number of halogens is 1. The number of hydrogen-bond acceptors (Lipinski definition) is 12. The number of hydrogen-bond donors (Lipinski definition) is 7. The second kappa shape index (κ2) is 13.2. The lowest BCUT2D eigenvalue weighted by Gasteiger charge is -2.39. The van der Waals surface area contributed by atoms with Gasteiger partial charge in [0.1, 0.15) is 29.8 Å². The van der Waals surface area contributed by atoms with Crippen LogP contribution in [-0.4, -0.2) is 65.4 Å². The summed E-state index contributed by atoms with van der Waals surface area (Å²) in [6, 6.07) is 16.1. The molecule has 43 heavy (non-hydrogen) atoms. The Morgan fingerprint density at radius 1 is 1.05 bits per heavy atom. The molecule has 10 N–H and O–H groups in total. The van der Waals surface area contributed by atoms with Crippen LogP contribution in [0.5, 0.6) is 5.75 Å². The van der Waals surface area contributed by atoms with E-state index in [4.69, 9.17) is 33.9 Å². The predicted molar refractivity (Wildman–Crippen MR) is 156 cm³/mol. The zero-order valence-electron chi connectivity index (χ0n) is 23.2. The van der Waals surface area contributed by atoms with Gasteiger partial charge in [0.2, 0.25) is 5.91 Å². The molecule has 0 saturated carbocycles. The number of ether oxygens (including phenoxy) is 1. The van der Waals surface area contributed by atoms with Gasteiger partial charge in [0.25, 0.3) is 5.91 Å². The molecule has 2 amide bonds.